The predicted octanol–water partition coefficient (Wildman–Crippen LogP) is 2.68. The Balaban J connectivity index is 3.19. The molecule has 0 atom stereocenters. The van der Waals surface area contributed by atoms with Gasteiger partial charge in [-0.1, -0.05) is 12.2 Å². The lowest BCUT2D eigenvalue weighted by molar-refractivity contribution is 0.322. The second-order valence-corrected chi connectivity index (χ2v) is 4.04. The molecule has 0 heterocycles. The summed E-state index contributed by atoms with van der Waals surface area (Å²) < 4.78 is 10.9. The van der Waals surface area contributed by atoms with Crippen LogP contribution in [0.15, 0.2) is 23.8 Å². The van der Waals surface area contributed by atoms with Gasteiger partial charge < -0.3 is 15.2 Å². The Bertz CT molecular complexity index is 533. The van der Waals surface area contributed by atoms with Crippen LogP contribution in [0.2, 0.25) is 0 Å². The van der Waals surface area contributed by atoms with Gasteiger partial charge >= 0.3 is 0 Å². The number of thiocarbonyl (C=S) groups is 1. The molecule has 5 heteroatoms. The van der Waals surface area contributed by atoms with Crippen LogP contribution < -0.4 is 15.2 Å². The van der Waals surface area contributed by atoms with Crippen molar-refractivity contribution in [2.75, 3.05) is 13.2 Å². The van der Waals surface area contributed by atoms with Gasteiger partial charge in [0.2, 0.25) is 0 Å². The van der Waals surface area contributed by atoms with Crippen molar-refractivity contribution in [3.8, 4) is 17.6 Å². The minimum Gasteiger partial charge on any atom is -0.494 e. The third-order valence-electron chi connectivity index (χ3n) is 2.28. The first-order chi connectivity index (χ1) is 9.12. The summed E-state index contributed by atoms with van der Waals surface area (Å²) in [5.41, 5.74) is 6.47. The van der Waals surface area contributed by atoms with E-state index in [1.54, 1.807) is 12.1 Å². The van der Waals surface area contributed by atoms with Crippen LogP contribution in [-0.2, 0) is 0 Å². The third kappa shape index (κ3) is 4.27. The molecule has 0 saturated heterocycles. The molecule has 0 bridgehead atoms. The summed E-state index contributed by atoms with van der Waals surface area (Å²) in [5.74, 6) is 1.36. The molecule has 0 aliphatic rings. The molecule has 0 aliphatic heterocycles. The zero-order chi connectivity index (χ0) is 14.3. The predicted molar refractivity (Wildman–Crippen MR) is 79.2 cm³/mol. The molecule has 0 unspecified atom stereocenters. The van der Waals surface area contributed by atoms with E-state index in [1.165, 1.54) is 0 Å². The molecule has 100 valence electrons. The third-order valence-corrected chi connectivity index (χ3v) is 2.50. The Hall–Kier alpha value is -2.06. The van der Waals surface area contributed by atoms with E-state index in [1.807, 2.05) is 32.0 Å². The Morgan fingerprint density at radius 3 is 2.58 bits per heavy atom. The Morgan fingerprint density at radius 2 is 2.05 bits per heavy atom. The van der Waals surface area contributed by atoms with Gasteiger partial charge in [-0.3, -0.25) is 0 Å². The summed E-state index contributed by atoms with van der Waals surface area (Å²) in [5, 5.41) is 8.97. The Morgan fingerprint density at radius 1 is 1.37 bits per heavy atom. The van der Waals surface area contributed by atoms with Gasteiger partial charge in [0.15, 0.2) is 0 Å². The number of hydrogen-bond donors (Lipinski definition) is 1. The van der Waals surface area contributed by atoms with E-state index in [-0.39, 0.29) is 10.6 Å². The van der Waals surface area contributed by atoms with Crippen molar-refractivity contribution in [2.24, 2.45) is 5.73 Å². The normalized spacial score (nSPS) is 10.7. The number of ether oxygens (including phenoxy) is 2. The average molecular weight is 276 g/mol. The summed E-state index contributed by atoms with van der Waals surface area (Å²) >= 11 is 4.81. The SMILES string of the molecule is CCOc1ccc(/C=C(/C#N)C(N)=S)c(OCC)c1. The molecule has 4 nitrogen and oxygen atoms in total. The molecular weight excluding hydrogens is 260 g/mol. The fourth-order valence-electron chi connectivity index (χ4n) is 1.48. The number of nitriles is 1. The van der Waals surface area contributed by atoms with Crippen LogP contribution in [0, 0.1) is 11.3 Å². The van der Waals surface area contributed by atoms with Gasteiger partial charge in [-0.25, -0.2) is 0 Å². The van der Waals surface area contributed by atoms with Crippen LogP contribution in [0.1, 0.15) is 19.4 Å². The summed E-state index contributed by atoms with van der Waals surface area (Å²) in [6, 6.07) is 7.38. The highest BCUT2D eigenvalue weighted by Crippen LogP contribution is 2.27. The highest BCUT2D eigenvalue weighted by molar-refractivity contribution is 7.80. The summed E-state index contributed by atoms with van der Waals surface area (Å²) in [7, 11) is 0. The van der Waals surface area contributed by atoms with Crippen molar-refractivity contribution in [2.45, 2.75) is 13.8 Å². The molecule has 2 N–H and O–H groups in total. The highest BCUT2D eigenvalue weighted by atomic mass is 32.1. The number of hydrogen-bond acceptors (Lipinski definition) is 4. The van der Waals surface area contributed by atoms with E-state index in [0.717, 1.165) is 11.3 Å². The summed E-state index contributed by atoms with van der Waals surface area (Å²) in [4.78, 5) is 0.0684. The standard InChI is InChI=1S/C14H16N2O2S/c1-3-17-12-6-5-10(13(8-12)18-4-2)7-11(9-15)14(16)19/h5-8H,3-4H2,1-2H3,(H2,16,19)/b11-7-. The van der Waals surface area contributed by atoms with Crippen LogP contribution in [0.3, 0.4) is 0 Å². The molecule has 1 rings (SSSR count). The molecule has 1 aromatic carbocycles. The van der Waals surface area contributed by atoms with Crippen LogP contribution in [0.4, 0.5) is 0 Å². The van der Waals surface area contributed by atoms with Crippen molar-refractivity contribution in [1.82, 2.24) is 0 Å². The second kappa shape index (κ2) is 7.39. The fourth-order valence-corrected chi connectivity index (χ4v) is 1.59. The van der Waals surface area contributed by atoms with Gasteiger partial charge in [-0.05, 0) is 32.1 Å². The van der Waals surface area contributed by atoms with Crippen molar-refractivity contribution in [3.63, 3.8) is 0 Å². The van der Waals surface area contributed by atoms with Crippen molar-refractivity contribution in [1.29, 1.82) is 5.26 Å². The molecule has 1 aromatic rings. The summed E-state index contributed by atoms with van der Waals surface area (Å²) in [6.45, 7) is 4.90. The van der Waals surface area contributed by atoms with E-state index in [9.17, 15) is 0 Å². The highest BCUT2D eigenvalue weighted by Gasteiger charge is 2.07. The first-order valence-corrected chi connectivity index (χ1v) is 6.34. The van der Waals surface area contributed by atoms with E-state index in [2.05, 4.69) is 0 Å². The number of rotatable bonds is 6. The van der Waals surface area contributed by atoms with Gasteiger partial charge in [-0.2, -0.15) is 5.26 Å². The number of benzene rings is 1. The largest absolute Gasteiger partial charge is 0.494 e. The minimum absolute atomic E-state index is 0.0684. The average Bonchev–Trinajstić information content (AvgIpc) is 2.38. The second-order valence-electron chi connectivity index (χ2n) is 3.60. The first-order valence-electron chi connectivity index (χ1n) is 5.93. The van der Waals surface area contributed by atoms with Gasteiger partial charge in [0.05, 0.1) is 18.8 Å². The molecule has 0 spiro atoms. The summed E-state index contributed by atoms with van der Waals surface area (Å²) in [6.07, 6.45) is 1.61. The van der Waals surface area contributed by atoms with Crippen molar-refractivity contribution in [3.05, 3.63) is 29.3 Å². The molecule has 0 aromatic heterocycles. The van der Waals surface area contributed by atoms with E-state index in [0.29, 0.717) is 19.0 Å². The van der Waals surface area contributed by atoms with Crippen molar-refractivity contribution < 1.29 is 9.47 Å². The molecule has 19 heavy (non-hydrogen) atoms. The lowest BCUT2D eigenvalue weighted by atomic mass is 10.1. The molecule has 0 radical (unpaired) electrons. The molecule has 0 fully saturated rings. The Kier molecular flexibility index (Phi) is 5.83. The maximum absolute atomic E-state index is 8.97. The molecular formula is C14H16N2O2S. The lowest BCUT2D eigenvalue weighted by Crippen LogP contribution is -2.09. The molecule has 0 saturated carbocycles. The van der Waals surface area contributed by atoms with Crippen LogP contribution >= 0.6 is 12.2 Å². The zero-order valence-corrected chi connectivity index (χ0v) is 11.8. The molecule has 0 aliphatic carbocycles. The van der Waals surface area contributed by atoms with Crippen LogP contribution in [0.5, 0.6) is 11.5 Å². The maximum Gasteiger partial charge on any atom is 0.130 e. The van der Waals surface area contributed by atoms with Gasteiger partial charge in [0, 0.05) is 11.6 Å². The van der Waals surface area contributed by atoms with E-state index in [4.69, 9.17) is 32.7 Å². The van der Waals surface area contributed by atoms with E-state index >= 15 is 0 Å². The fraction of sp³-hybridized carbons (Fsp3) is 0.286. The quantitative estimate of drug-likeness (QED) is 0.491. The lowest BCUT2D eigenvalue weighted by Gasteiger charge is -2.10. The van der Waals surface area contributed by atoms with Crippen molar-refractivity contribution >= 4 is 23.3 Å². The number of nitrogens with zero attached hydrogens (tertiary/aromatic N) is 1. The van der Waals surface area contributed by atoms with Crippen LogP contribution in [0.25, 0.3) is 6.08 Å². The molecule has 0 amide bonds. The maximum atomic E-state index is 8.97. The smallest absolute Gasteiger partial charge is 0.130 e. The van der Waals surface area contributed by atoms with Gasteiger partial charge in [0.1, 0.15) is 22.6 Å². The Labute approximate surface area is 118 Å². The van der Waals surface area contributed by atoms with Gasteiger partial charge in [-0.15, -0.1) is 0 Å². The monoisotopic (exact) mass is 276 g/mol. The zero-order valence-electron chi connectivity index (χ0n) is 11.0. The topological polar surface area (TPSA) is 68.3 Å². The van der Waals surface area contributed by atoms with Crippen LogP contribution in [-0.4, -0.2) is 18.2 Å². The number of nitrogens with two attached hydrogens (primary N) is 1. The van der Waals surface area contributed by atoms with Gasteiger partial charge in [0.25, 0.3) is 0 Å². The first kappa shape index (κ1) is 15.0. The minimum atomic E-state index is 0.0684. The van der Waals surface area contributed by atoms with E-state index < -0.39 is 0 Å².